The molecule has 6 heteroatoms. The Labute approximate surface area is 121 Å². The minimum Gasteiger partial charge on any atom is -0.454 e. The fraction of sp³-hybridized carbons (Fsp3) is 0.200. The number of aryl methyl sites for hydroxylation is 1. The van der Waals surface area contributed by atoms with E-state index >= 15 is 0 Å². The zero-order valence-corrected chi connectivity index (χ0v) is 11.5. The third-order valence-electron chi connectivity index (χ3n) is 3.30. The summed E-state index contributed by atoms with van der Waals surface area (Å²) in [6, 6.07) is 10.7. The van der Waals surface area contributed by atoms with Gasteiger partial charge in [-0.15, -0.1) is 0 Å². The van der Waals surface area contributed by atoms with Crippen molar-refractivity contribution in [1.29, 1.82) is 0 Å². The number of anilines is 1. The van der Waals surface area contributed by atoms with Crippen LogP contribution >= 0.6 is 0 Å². The molecule has 2 aromatic rings. The molecule has 1 N–H and O–H groups in total. The number of para-hydroxylation sites is 1. The highest BCUT2D eigenvalue weighted by Gasteiger charge is 2.18. The molecule has 0 atom stereocenters. The molecular formula is C15H14N2O4. The Morgan fingerprint density at radius 1 is 1.29 bits per heavy atom. The van der Waals surface area contributed by atoms with Crippen molar-refractivity contribution in [2.45, 2.75) is 13.5 Å². The minimum atomic E-state index is -0.385. The van der Waals surface area contributed by atoms with E-state index in [9.17, 15) is 10.1 Å². The molecule has 0 radical (unpaired) electrons. The van der Waals surface area contributed by atoms with Gasteiger partial charge in [-0.1, -0.05) is 18.2 Å². The van der Waals surface area contributed by atoms with Crippen LogP contribution in [0.3, 0.4) is 0 Å². The van der Waals surface area contributed by atoms with E-state index in [0.29, 0.717) is 23.7 Å². The Morgan fingerprint density at radius 3 is 2.95 bits per heavy atom. The van der Waals surface area contributed by atoms with Crippen molar-refractivity contribution < 1.29 is 14.4 Å². The van der Waals surface area contributed by atoms with E-state index in [-0.39, 0.29) is 17.4 Å². The molecular weight excluding hydrogens is 272 g/mol. The lowest BCUT2D eigenvalue weighted by atomic mass is 10.1. The molecule has 0 aliphatic carbocycles. The second-order valence-electron chi connectivity index (χ2n) is 4.78. The first kappa shape index (κ1) is 13.2. The summed E-state index contributed by atoms with van der Waals surface area (Å²) in [7, 11) is 0. The molecule has 0 bridgehead atoms. The number of benzene rings is 2. The number of nitrogens with one attached hydrogen (secondary N) is 1. The van der Waals surface area contributed by atoms with Crippen molar-refractivity contribution in [3.8, 4) is 11.5 Å². The van der Waals surface area contributed by atoms with E-state index in [1.807, 2.05) is 31.2 Å². The quantitative estimate of drug-likeness (QED) is 0.690. The fourth-order valence-electron chi connectivity index (χ4n) is 2.26. The summed E-state index contributed by atoms with van der Waals surface area (Å²) in [5, 5.41) is 14.2. The van der Waals surface area contributed by atoms with Crippen LogP contribution in [-0.2, 0) is 6.54 Å². The van der Waals surface area contributed by atoms with Gasteiger partial charge in [0.05, 0.1) is 4.92 Å². The van der Waals surface area contributed by atoms with Crippen LogP contribution < -0.4 is 14.8 Å². The standard InChI is InChI=1S/C15H14N2O4/c1-10-5-6-12(13(7-10)17(18)19)16-8-11-3-2-4-14-15(11)21-9-20-14/h2-7,16H,8-9H2,1H3. The lowest BCUT2D eigenvalue weighted by Crippen LogP contribution is -2.04. The van der Waals surface area contributed by atoms with E-state index in [0.717, 1.165) is 11.1 Å². The topological polar surface area (TPSA) is 73.6 Å². The number of fused-ring (bicyclic) bond motifs is 1. The zero-order chi connectivity index (χ0) is 14.8. The van der Waals surface area contributed by atoms with Crippen LogP contribution in [0.5, 0.6) is 11.5 Å². The first-order valence-corrected chi connectivity index (χ1v) is 6.51. The van der Waals surface area contributed by atoms with Crippen molar-refractivity contribution in [2.24, 2.45) is 0 Å². The summed E-state index contributed by atoms with van der Waals surface area (Å²) >= 11 is 0. The van der Waals surface area contributed by atoms with E-state index in [4.69, 9.17) is 9.47 Å². The second-order valence-corrected chi connectivity index (χ2v) is 4.78. The lowest BCUT2D eigenvalue weighted by Gasteiger charge is -2.09. The van der Waals surface area contributed by atoms with Crippen molar-refractivity contribution in [3.63, 3.8) is 0 Å². The number of nitrogens with zero attached hydrogens (tertiary/aromatic N) is 1. The molecule has 1 aliphatic rings. The van der Waals surface area contributed by atoms with Crippen LogP contribution in [0.4, 0.5) is 11.4 Å². The Morgan fingerprint density at radius 2 is 2.14 bits per heavy atom. The van der Waals surface area contributed by atoms with Gasteiger partial charge in [-0.25, -0.2) is 0 Å². The minimum absolute atomic E-state index is 0.0692. The van der Waals surface area contributed by atoms with Crippen LogP contribution in [-0.4, -0.2) is 11.7 Å². The molecule has 0 spiro atoms. The van der Waals surface area contributed by atoms with Crippen molar-refractivity contribution >= 4 is 11.4 Å². The summed E-state index contributed by atoms with van der Waals surface area (Å²) in [6.07, 6.45) is 0. The molecule has 0 aromatic heterocycles. The van der Waals surface area contributed by atoms with E-state index in [2.05, 4.69) is 5.32 Å². The van der Waals surface area contributed by atoms with Crippen LogP contribution in [0.25, 0.3) is 0 Å². The smallest absolute Gasteiger partial charge is 0.292 e. The largest absolute Gasteiger partial charge is 0.454 e. The SMILES string of the molecule is Cc1ccc(NCc2cccc3c2OCO3)c([N+](=O)[O-])c1. The molecule has 2 aromatic carbocycles. The summed E-state index contributed by atoms with van der Waals surface area (Å²) in [4.78, 5) is 10.7. The number of rotatable bonds is 4. The number of hydrogen-bond donors (Lipinski definition) is 1. The fourth-order valence-corrected chi connectivity index (χ4v) is 2.26. The molecule has 21 heavy (non-hydrogen) atoms. The van der Waals surface area contributed by atoms with Gasteiger partial charge in [0.2, 0.25) is 6.79 Å². The first-order valence-electron chi connectivity index (χ1n) is 6.51. The number of nitro groups is 1. The van der Waals surface area contributed by atoms with Gasteiger partial charge >= 0.3 is 0 Å². The Kier molecular flexibility index (Phi) is 3.35. The van der Waals surface area contributed by atoms with Crippen LogP contribution in [0, 0.1) is 17.0 Å². The molecule has 0 unspecified atom stereocenters. The van der Waals surface area contributed by atoms with Gasteiger partial charge in [0, 0.05) is 18.2 Å². The number of nitro benzene ring substituents is 1. The highest BCUT2D eigenvalue weighted by Crippen LogP contribution is 2.36. The highest BCUT2D eigenvalue weighted by atomic mass is 16.7. The molecule has 3 rings (SSSR count). The lowest BCUT2D eigenvalue weighted by molar-refractivity contribution is -0.384. The molecule has 0 saturated carbocycles. The maximum atomic E-state index is 11.1. The maximum Gasteiger partial charge on any atom is 0.292 e. The van der Waals surface area contributed by atoms with Crippen molar-refractivity contribution in [2.75, 3.05) is 12.1 Å². The van der Waals surface area contributed by atoms with Crippen LogP contribution in [0.2, 0.25) is 0 Å². The van der Waals surface area contributed by atoms with E-state index in [1.54, 1.807) is 12.1 Å². The summed E-state index contributed by atoms with van der Waals surface area (Å²) < 4.78 is 10.7. The summed E-state index contributed by atoms with van der Waals surface area (Å²) in [5.41, 5.74) is 2.31. The van der Waals surface area contributed by atoms with E-state index < -0.39 is 0 Å². The predicted molar refractivity (Wildman–Crippen MR) is 77.7 cm³/mol. The molecule has 1 aliphatic heterocycles. The molecule has 0 fully saturated rings. The summed E-state index contributed by atoms with van der Waals surface area (Å²) in [6.45, 7) is 2.46. The van der Waals surface area contributed by atoms with Gasteiger partial charge in [-0.2, -0.15) is 0 Å². The van der Waals surface area contributed by atoms with Gasteiger partial charge in [-0.3, -0.25) is 10.1 Å². The molecule has 1 heterocycles. The van der Waals surface area contributed by atoms with Crippen LogP contribution in [0.1, 0.15) is 11.1 Å². The first-order chi connectivity index (χ1) is 10.1. The normalized spacial score (nSPS) is 12.2. The molecule has 6 nitrogen and oxygen atoms in total. The Bertz CT molecular complexity index is 700. The van der Waals surface area contributed by atoms with E-state index in [1.165, 1.54) is 0 Å². The highest BCUT2D eigenvalue weighted by molar-refractivity contribution is 5.63. The van der Waals surface area contributed by atoms with Gasteiger partial charge in [0.25, 0.3) is 5.69 Å². The third kappa shape index (κ3) is 2.60. The molecule has 108 valence electrons. The Balaban J connectivity index is 1.83. The number of ether oxygens (including phenoxy) is 2. The van der Waals surface area contributed by atoms with Crippen LogP contribution in [0.15, 0.2) is 36.4 Å². The average molecular weight is 286 g/mol. The second kappa shape index (κ2) is 5.32. The number of hydrogen-bond acceptors (Lipinski definition) is 5. The molecule has 0 saturated heterocycles. The average Bonchev–Trinajstić information content (AvgIpc) is 2.94. The summed E-state index contributed by atoms with van der Waals surface area (Å²) in [5.74, 6) is 1.40. The maximum absolute atomic E-state index is 11.1. The monoisotopic (exact) mass is 286 g/mol. The van der Waals surface area contributed by atoms with Crippen molar-refractivity contribution in [3.05, 3.63) is 57.6 Å². The predicted octanol–water partition coefficient (Wildman–Crippen LogP) is 3.24. The van der Waals surface area contributed by atoms with Gasteiger partial charge < -0.3 is 14.8 Å². The zero-order valence-electron chi connectivity index (χ0n) is 11.5. The molecule has 0 amide bonds. The van der Waals surface area contributed by atoms with Gasteiger partial charge in [0.15, 0.2) is 11.5 Å². The third-order valence-corrected chi connectivity index (χ3v) is 3.30. The van der Waals surface area contributed by atoms with Gasteiger partial charge in [0.1, 0.15) is 5.69 Å². The Hall–Kier alpha value is -2.76. The van der Waals surface area contributed by atoms with Crippen molar-refractivity contribution in [1.82, 2.24) is 0 Å². The van der Waals surface area contributed by atoms with Gasteiger partial charge in [-0.05, 0) is 24.6 Å².